The zero-order valence-corrected chi connectivity index (χ0v) is 36.1. The standard InChI is InChI=1S/C62H42N2O/c1-61(2)51-23-10-5-18-44(51)47-34-32-42(37-54(47)61)63(56-27-15-29-59-60(56)50-22-9-14-28-58(50)65-59)43-33-35-49-48-21-8-13-26-55(48)64(57(49)38-43)62(41-31-30-39-16-3-4-17-40(39)36-41)52-24-11-6-19-45(52)46-20-7-12-25-53(46)62/h3-38H,1-2H3. The van der Waals surface area contributed by atoms with E-state index in [1.165, 1.54) is 77.1 Å². The lowest BCUT2D eigenvalue weighted by molar-refractivity contribution is 0.564. The number of para-hydroxylation sites is 2. The summed E-state index contributed by atoms with van der Waals surface area (Å²) in [5.74, 6) is 0. The number of hydrogen-bond donors (Lipinski definition) is 0. The van der Waals surface area contributed by atoms with Gasteiger partial charge < -0.3 is 13.9 Å². The number of rotatable bonds is 5. The second-order valence-corrected chi connectivity index (χ2v) is 18.4. The molecule has 0 unspecified atom stereocenters. The largest absolute Gasteiger partial charge is 0.456 e. The number of furan rings is 1. The number of hydrogen-bond acceptors (Lipinski definition) is 2. The maximum absolute atomic E-state index is 6.59. The lowest BCUT2D eigenvalue weighted by atomic mass is 9.79. The molecule has 12 aromatic rings. The fourth-order valence-corrected chi connectivity index (χ4v) is 12.0. The molecule has 10 aromatic carbocycles. The van der Waals surface area contributed by atoms with Gasteiger partial charge in [-0.3, -0.25) is 0 Å². The van der Waals surface area contributed by atoms with Gasteiger partial charge in [-0.05, 0) is 115 Å². The predicted octanol–water partition coefficient (Wildman–Crippen LogP) is 16.4. The van der Waals surface area contributed by atoms with Crippen molar-refractivity contribution in [3.8, 4) is 22.3 Å². The van der Waals surface area contributed by atoms with Gasteiger partial charge in [0.05, 0.1) is 22.1 Å². The van der Waals surface area contributed by atoms with Crippen molar-refractivity contribution in [1.82, 2.24) is 4.57 Å². The third-order valence-electron chi connectivity index (χ3n) is 14.8. The van der Waals surface area contributed by atoms with Gasteiger partial charge in [0.15, 0.2) is 0 Å². The van der Waals surface area contributed by atoms with Crippen molar-refractivity contribution in [2.45, 2.75) is 24.8 Å². The molecule has 0 fully saturated rings. The zero-order chi connectivity index (χ0) is 43.0. The molecule has 0 amide bonds. The Hall–Kier alpha value is -8.14. The highest BCUT2D eigenvalue weighted by atomic mass is 16.3. The molecule has 0 N–H and O–H groups in total. The van der Waals surface area contributed by atoms with Gasteiger partial charge in [0.2, 0.25) is 0 Å². The molecular formula is C62H42N2O. The van der Waals surface area contributed by atoms with Gasteiger partial charge in [0, 0.05) is 32.9 Å². The Morgan fingerprint density at radius 2 is 0.985 bits per heavy atom. The lowest BCUT2D eigenvalue weighted by Crippen LogP contribution is -2.35. The molecule has 2 heterocycles. The van der Waals surface area contributed by atoms with E-state index in [2.05, 4.69) is 242 Å². The van der Waals surface area contributed by atoms with Crippen LogP contribution in [-0.4, -0.2) is 4.57 Å². The van der Waals surface area contributed by atoms with Gasteiger partial charge in [-0.15, -0.1) is 0 Å². The van der Waals surface area contributed by atoms with Crippen molar-refractivity contribution >= 4 is 71.6 Å². The smallest absolute Gasteiger partial charge is 0.137 e. The average molecular weight is 831 g/mol. The summed E-state index contributed by atoms with van der Waals surface area (Å²) in [6.45, 7) is 4.73. The van der Waals surface area contributed by atoms with Crippen LogP contribution in [0.1, 0.15) is 41.7 Å². The SMILES string of the molecule is CC1(C)c2ccccc2-c2ccc(N(c3ccc4c5ccccc5n(C5(c6ccc7ccccc7c6)c6ccccc6-c6ccccc65)c4c3)c3cccc4oc5ccccc5c34)cc21. The Balaban J connectivity index is 1.11. The molecule has 3 nitrogen and oxygen atoms in total. The van der Waals surface area contributed by atoms with Crippen molar-refractivity contribution in [1.29, 1.82) is 0 Å². The van der Waals surface area contributed by atoms with Crippen LogP contribution >= 0.6 is 0 Å². The molecule has 0 spiro atoms. The third kappa shape index (κ3) is 4.85. The molecule has 0 saturated carbocycles. The highest BCUT2D eigenvalue weighted by Crippen LogP contribution is 2.57. The summed E-state index contributed by atoms with van der Waals surface area (Å²) in [6, 6.07) is 81.0. The Bertz CT molecular complexity index is 3910. The number of anilines is 3. The van der Waals surface area contributed by atoms with Gasteiger partial charge in [-0.2, -0.15) is 0 Å². The Morgan fingerprint density at radius 3 is 1.78 bits per heavy atom. The fraction of sp³-hybridized carbons (Fsp3) is 0.0645. The summed E-state index contributed by atoms with van der Waals surface area (Å²) < 4.78 is 9.26. The third-order valence-corrected chi connectivity index (χ3v) is 14.8. The summed E-state index contributed by atoms with van der Waals surface area (Å²) in [4.78, 5) is 2.48. The van der Waals surface area contributed by atoms with Crippen LogP contribution in [0.5, 0.6) is 0 Å². The van der Waals surface area contributed by atoms with Crippen LogP contribution < -0.4 is 4.90 Å². The quantitative estimate of drug-likeness (QED) is 0.172. The summed E-state index contributed by atoms with van der Waals surface area (Å²) >= 11 is 0. The van der Waals surface area contributed by atoms with E-state index in [0.29, 0.717) is 0 Å². The molecule has 3 heteroatoms. The topological polar surface area (TPSA) is 21.3 Å². The summed E-state index contributed by atoms with van der Waals surface area (Å²) in [5.41, 5.74) is 18.1. The maximum Gasteiger partial charge on any atom is 0.137 e. The van der Waals surface area contributed by atoms with Crippen molar-refractivity contribution < 1.29 is 4.42 Å². The second kappa shape index (κ2) is 13.2. The van der Waals surface area contributed by atoms with E-state index in [1.807, 2.05) is 0 Å². The van der Waals surface area contributed by atoms with E-state index in [0.717, 1.165) is 44.5 Å². The summed E-state index contributed by atoms with van der Waals surface area (Å²) in [7, 11) is 0. The van der Waals surface area contributed by atoms with Crippen LogP contribution in [0.4, 0.5) is 17.1 Å². The van der Waals surface area contributed by atoms with Crippen LogP contribution in [-0.2, 0) is 11.0 Å². The van der Waals surface area contributed by atoms with Crippen LogP contribution in [0, 0.1) is 0 Å². The minimum atomic E-state index is -0.702. The summed E-state index contributed by atoms with van der Waals surface area (Å²) in [6.07, 6.45) is 0. The minimum absolute atomic E-state index is 0.173. The van der Waals surface area contributed by atoms with E-state index in [-0.39, 0.29) is 5.41 Å². The van der Waals surface area contributed by atoms with Crippen molar-refractivity contribution in [3.05, 3.63) is 246 Å². The number of fused-ring (bicyclic) bond motifs is 13. The van der Waals surface area contributed by atoms with E-state index >= 15 is 0 Å². The number of aromatic nitrogens is 1. The maximum atomic E-state index is 6.59. The molecule has 0 saturated heterocycles. The fourth-order valence-electron chi connectivity index (χ4n) is 12.0. The van der Waals surface area contributed by atoms with Crippen molar-refractivity contribution in [2.24, 2.45) is 0 Å². The van der Waals surface area contributed by atoms with Crippen LogP contribution in [0.15, 0.2) is 223 Å². The second-order valence-electron chi connectivity index (χ2n) is 18.4. The van der Waals surface area contributed by atoms with Gasteiger partial charge in [0.25, 0.3) is 0 Å². The average Bonchev–Trinajstić information content (AvgIpc) is 4.06. The first-order valence-electron chi connectivity index (χ1n) is 22.7. The number of nitrogens with zero attached hydrogens (tertiary/aromatic N) is 2. The molecule has 2 aromatic heterocycles. The molecule has 0 aliphatic heterocycles. The highest BCUT2D eigenvalue weighted by Gasteiger charge is 2.48. The molecule has 14 rings (SSSR count). The van der Waals surface area contributed by atoms with E-state index in [9.17, 15) is 0 Å². The molecule has 65 heavy (non-hydrogen) atoms. The monoisotopic (exact) mass is 830 g/mol. The number of benzene rings is 10. The summed E-state index contributed by atoms with van der Waals surface area (Å²) in [5, 5.41) is 7.08. The molecule has 0 radical (unpaired) electrons. The minimum Gasteiger partial charge on any atom is -0.456 e. The Morgan fingerprint density at radius 1 is 0.400 bits per heavy atom. The van der Waals surface area contributed by atoms with Gasteiger partial charge in [0.1, 0.15) is 16.7 Å². The molecule has 0 atom stereocenters. The first-order valence-corrected chi connectivity index (χ1v) is 22.7. The van der Waals surface area contributed by atoms with Crippen molar-refractivity contribution in [3.63, 3.8) is 0 Å². The molecular weight excluding hydrogens is 789 g/mol. The van der Waals surface area contributed by atoms with Gasteiger partial charge in [-0.1, -0.05) is 178 Å². The van der Waals surface area contributed by atoms with Gasteiger partial charge in [-0.25, -0.2) is 0 Å². The Labute approximate surface area is 377 Å². The predicted molar refractivity (Wildman–Crippen MR) is 270 cm³/mol. The normalized spacial score (nSPS) is 14.2. The highest BCUT2D eigenvalue weighted by molar-refractivity contribution is 6.15. The molecule has 306 valence electrons. The lowest BCUT2D eigenvalue weighted by Gasteiger charge is -2.37. The van der Waals surface area contributed by atoms with Crippen molar-refractivity contribution in [2.75, 3.05) is 4.90 Å². The van der Waals surface area contributed by atoms with Crippen LogP contribution in [0.25, 0.3) is 76.8 Å². The molecule has 2 aliphatic rings. The first-order chi connectivity index (χ1) is 32.0. The van der Waals surface area contributed by atoms with Crippen LogP contribution in [0.2, 0.25) is 0 Å². The molecule has 2 aliphatic carbocycles. The van der Waals surface area contributed by atoms with E-state index in [1.54, 1.807) is 0 Å². The van der Waals surface area contributed by atoms with Crippen LogP contribution in [0.3, 0.4) is 0 Å². The van der Waals surface area contributed by atoms with Gasteiger partial charge >= 0.3 is 0 Å². The van der Waals surface area contributed by atoms with E-state index in [4.69, 9.17) is 4.42 Å². The molecule has 0 bridgehead atoms. The Kier molecular flexibility index (Phi) is 7.38. The first kappa shape index (κ1) is 36.4. The zero-order valence-electron chi connectivity index (χ0n) is 36.1. The van der Waals surface area contributed by atoms with E-state index < -0.39 is 5.54 Å².